The van der Waals surface area contributed by atoms with Gasteiger partial charge >= 0.3 is 5.97 Å². The smallest absolute Gasteiger partial charge is 0.337 e. The highest BCUT2D eigenvalue weighted by Crippen LogP contribution is 2.20. The first-order valence-corrected chi connectivity index (χ1v) is 9.44. The molecular formula is C21H22N2O3S. The number of rotatable bonds is 3. The number of benzene rings is 2. The van der Waals surface area contributed by atoms with E-state index in [0.717, 1.165) is 26.9 Å². The second-order valence-corrected chi connectivity index (χ2v) is 7.69. The van der Waals surface area contributed by atoms with E-state index in [1.807, 2.05) is 31.5 Å². The average Bonchev–Trinajstić information content (AvgIpc) is 2.92. The lowest BCUT2D eigenvalue weighted by atomic mass is 9.97. The molecule has 0 atom stereocenters. The number of carbonyl (C=O) groups excluding carboxylic acids is 2. The molecule has 3 aromatic rings. The topological polar surface area (TPSA) is 60.7 Å². The number of carbonyl (C=O) groups is 2. The van der Waals surface area contributed by atoms with Crippen molar-refractivity contribution >= 4 is 33.4 Å². The minimum Gasteiger partial charge on any atom is -0.465 e. The molecule has 2 aromatic carbocycles. The second-order valence-electron chi connectivity index (χ2n) is 6.68. The van der Waals surface area contributed by atoms with Gasteiger partial charge in [-0.05, 0) is 55.7 Å². The van der Waals surface area contributed by atoms with Crippen LogP contribution in [0.1, 0.15) is 32.6 Å². The van der Waals surface area contributed by atoms with Gasteiger partial charge in [0.15, 0.2) is 4.80 Å². The van der Waals surface area contributed by atoms with Crippen LogP contribution < -0.4 is 4.80 Å². The Morgan fingerprint density at radius 2 is 1.78 bits per heavy atom. The van der Waals surface area contributed by atoms with Gasteiger partial charge in [-0.2, -0.15) is 4.99 Å². The van der Waals surface area contributed by atoms with Gasteiger partial charge in [-0.15, -0.1) is 0 Å². The van der Waals surface area contributed by atoms with Gasteiger partial charge in [0.2, 0.25) is 0 Å². The van der Waals surface area contributed by atoms with Crippen LogP contribution in [-0.4, -0.2) is 23.6 Å². The van der Waals surface area contributed by atoms with Gasteiger partial charge in [-0.1, -0.05) is 29.0 Å². The van der Waals surface area contributed by atoms with Crippen molar-refractivity contribution in [3.8, 4) is 0 Å². The molecule has 0 aliphatic rings. The molecular weight excluding hydrogens is 360 g/mol. The summed E-state index contributed by atoms with van der Waals surface area (Å²) in [6, 6.07) is 9.50. The van der Waals surface area contributed by atoms with Crippen molar-refractivity contribution in [2.24, 2.45) is 12.0 Å². The Bertz CT molecular complexity index is 1100. The minimum atomic E-state index is -0.382. The predicted octanol–water partition coefficient (Wildman–Crippen LogP) is 3.62. The Morgan fingerprint density at radius 1 is 1.11 bits per heavy atom. The standard InChI is InChI=1S/C21H22N2O3S/c1-12-8-13(2)16(14(3)9-12)11-19(24)22-21-23(4)17-7-6-15(20(25)26-5)10-18(17)27-21/h6-10H,11H2,1-5H3. The zero-order valence-corrected chi connectivity index (χ0v) is 16.9. The Balaban J connectivity index is 1.97. The third-order valence-electron chi connectivity index (χ3n) is 4.62. The van der Waals surface area contributed by atoms with Gasteiger partial charge in [0, 0.05) is 7.05 Å². The van der Waals surface area contributed by atoms with E-state index in [9.17, 15) is 9.59 Å². The lowest BCUT2D eigenvalue weighted by molar-refractivity contribution is -0.117. The molecule has 1 amide bonds. The summed E-state index contributed by atoms with van der Waals surface area (Å²) in [4.78, 5) is 29.2. The summed E-state index contributed by atoms with van der Waals surface area (Å²) in [5.41, 5.74) is 5.85. The quantitative estimate of drug-likeness (QED) is 0.650. The number of aryl methyl sites for hydroxylation is 4. The maximum Gasteiger partial charge on any atom is 0.337 e. The van der Waals surface area contributed by atoms with E-state index < -0.39 is 0 Å². The third kappa shape index (κ3) is 3.85. The first-order valence-electron chi connectivity index (χ1n) is 8.62. The number of fused-ring (bicyclic) bond motifs is 1. The zero-order chi connectivity index (χ0) is 19.7. The molecule has 0 fully saturated rings. The van der Waals surface area contributed by atoms with Crippen LogP contribution in [0.15, 0.2) is 35.3 Å². The van der Waals surface area contributed by atoms with E-state index in [1.165, 1.54) is 24.0 Å². The number of aromatic nitrogens is 1. The summed E-state index contributed by atoms with van der Waals surface area (Å²) in [6.07, 6.45) is 0.277. The molecule has 5 nitrogen and oxygen atoms in total. The van der Waals surface area contributed by atoms with Gasteiger partial charge < -0.3 is 9.30 Å². The van der Waals surface area contributed by atoms with Crippen LogP contribution >= 0.6 is 11.3 Å². The average molecular weight is 382 g/mol. The maximum atomic E-state index is 12.6. The van der Waals surface area contributed by atoms with Crippen LogP contribution in [-0.2, 0) is 23.0 Å². The van der Waals surface area contributed by atoms with E-state index in [1.54, 1.807) is 12.1 Å². The summed E-state index contributed by atoms with van der Waals surface area (Å²) in [7, 11) is 3.22. The van der Waals surface area contributed by atoms with Crippen molar-refractivity contribution < 1.29 is 14.3 Å². The molecule has 0 N–H and O–H groups in total. The van der Waals surface area contributed by atoms with Crippen molar-refractivity contribution in [1.29, 1.82) is 0 Å². The molecule has 0 saturated heterocycles. The van der Waals surface area contributed by atoms with Crippen molar-refractivity contribution in [2.75, 3.05) is 7.11 Å². The number of hydrogen-bond donors (Lipinski definition) is 0. The van der Waals surface area contributed by atoms with Crippen molar-refractivity contribution in [3.63, 3.8) is 0 Å². The fraction of sp³-hybridized carbons (Fsp3) is 0.286. The highest BCUT2D eigenvalue weighted by atomic mass is 32.1. The van der Waals surface area contributed by atoms with Crippen LogP contribution in [0.4, 0.5) is 0 Å². The maximum absolute atomic E-state index is 12.6. The van der Waals surface area contributed by atoms with Crippen LogP contribution in [0.25, 0.3) is 10.2 Å². The van der Waals surface area contributed by atoms with E-state index in [0.29, 0.717) is 10.4 Å². The molecule has 27 heavy (non-hydrogen) atoms. The Morgan fingerprint density at radius 3 is 2.41 bits per heavy atom. The molecule has 1 heterocycles. The van der Waals surface area contributed by atoms with E-state index >= 15 is 0 Å². The summed E-state index contributed by atoms with van der Waals surface area (Å²) in [6.45, 7) is 6.10. The number of hydrogen-bond acceptors (Lipinski definition) is 4. The lowest BCUT2D eigenvalue weighted by Crippen LogP contribution is -2.14. The molecule has 0 saturated carbocycles. The molecule has 6 heteroatoms. The number of ether oxygens (including phenoxy) is 1. The lowest BCUT2D eigenvalue weighted by Gasteiger charge is -2.09. The number of thiazole rings is 1. The molecule has 0 radical (unpaired) electrons. The third-order valence-corrected chi connectivity index (χ3v) is 5.71. The van der Waals surface area contributed by atoms with Gasteiger partial charge in [0.25, 0.3) is 5.91 Å². The molecule has 0 bridgehead atoms. The molecule has 1 aromatic heterocycles. The van der Waals surface area contributed by atoms with Crippen LogP contribution in [0.2, 0.25) is 0 Å². The van der Waals surface area contributed by atoms with E-state index in [2.05, 4.69) is 24.0 Å². The molecule has 3 rings (SSSR count). The van der Waals surface area contributed by atoms with Gasteiger partial charge in [0.1, 0.15) is 0 Å². The van der Waals surface area contributed by atoms with Crippen LogP contribution in [0.5, 0.6) is 0 Å². The van der Waals surface area contributed by atoms with Gasteiger partial charge in [0.05, 0.1) is 29.3 Å². The predicted molar refractivity (Wildman–Crippen MR) is 107 cm³/mol. The summed E-state index contributed by atoms with van der Waals surface area (Å²) in [5.74, 6) is -0.562. The fourth-order valence-corrected chi connectivity index (χ4v) is 4.35. The second kappa shape index (κ2) is 7.48. The molecule has 0 aliphatic heterocycles. The molecule has 0 unspecified atom stereocenters. The molecule has 140 valence electrons. The Hall–Kier alpha value is -2.73. The van der Waals surface area contributed by atoms with Crippen LogP contribution in [0.3, 0.4) is 0 Å². The van der Waals surface area contributed by atoms with Crippen molar-refractivity contribution in [2.45, 2.75) is 27.2 Å². The summed E-state index contributed by atoms with van der Waals surface area (Å²) in [5, 5.41) is 0. The minimum absolute atomic E-state index is 0.180. The summed E-state index contributed by atoms with van der Waals surface area (Å²) < 4.78 is 7.52. The first-order chi connectivity index (χ1) is 12.8. The highest BCUT2D eigenvalue weighted by Gasteiger charge is 2.12. The van der Waals surface area contributed by atoms with Crippen molar-refractivity contribution in [3.05, 3.63) is 63.0 Å². The van der Waals surface area contributed by atoms with Gasteiger partial charge in [-0.25, -0.2) is 4.79 Å². The SMILES string of the molecule is COC(=O)c1ccc2c(c1)sc(=NC(=O)Cc1c(C)cc(C)cc1C)n2C. The zero-order valence-electron chi connectivity index (χ0n) is 16.1. The fourth-order valence-electron chi connectivity index (χ4n) is 3.27. The Kier molecular flexibility index (Phi) is 5.28. The Labute approximate surface area is 161 Å². The molecule has 0 aliphatic carbocycles. The monoisotopic (exact) mass is 382 g/mol. The van der Waals surface area contributed by atoms with Crippen LogP contribution in [0, 0.1) is 20.8 Å². The van der Waals surface area contributed by atoms with E-state index in [4.69, 9.17) is 4.74 Å². The highest BCUT2D eigenvalue weighted by molar-refractivity contribution is 7.16. The number of nitrogens with zero attached hydrogens (tertiary/aromatic N) is 2. The number of amides is 1. The number of esters is 1. The first kappa shape index (κ1) is 19.0. The number of methoxy groups -OCH3 is 1. The van der Waals surface area contributed by atoms with Crippen molar-refractivity contribution in [1.82, 2.24) is 4.57 Å². The summed E-state index contributed by atoms with van der Waals surface area (Å²) >= 11 is 1.38. The molecule has 0 spiro atoms. The van der Waals surface area contributed by atoms with E-state index in [-0.39, 0.29) is 18.3 Å². The normalized spacial score (nSPS) is 11.8. The van der Waals surface area contributed by atoms with Gasteiger partial charge in [-0.3, -0.25) is 4.79 Å². The largest absolute Gasteiger partial charge is 0.465 e.